The zero-order chi connectivity index (χ0) is 40.1. The number of carbonyl (C=O) groups is 7. The molecule has 1 aromatic heterocycles. The van der Waals surface area contributed by atoms with Crippen LogP contribution in [0.3, 0.4) is 0 Å². The SMILES string of the molecule is CC(=O)c1cnc2ccc(N3CCC(C(=O)NCCCCNC(=O)COc4cccc5c4C(=O)N(C4CCC(=O)NC4=O)C5=O)CC3)cc2c1Nc1ccccc1. The molecule has 0 aliphatic carbocycles. The number of anilines is 3. The second-order valence-corrected chi connectivity index (χ2v) is 14.3. The summed E-state index contributed by atoms with van der Waals surface area (Å²) in [6.45, 7) is 3.36. The lowest BCUT2D eigenvalue weighted by Gasteiger charge is -2.33. The van der Waals surface area contributed by atoms with Gasteiger partial charge in [0.05, 0.1) is 27.9 Å². The Morgan fingerprint density at radius 1 is 0.877 bits per heavy atom. The number of ketones is 1. The molecule has 3 aliphatic rings. The molecule has 6 amide bonds. The average Bonchev–Trinajstić information content (AvgIpc) is 3.47. The van der Waals surface area contributed by atoms with E-state index in [1.165, 1.54) is 25.1 Å². The maximum Gasteiger partial charge on any atom is 0.266 e. The Labute approximate surface area is 328 Å². The number of nitrogens with one attached hydrogen (secondary N) is 4. The van der Waals surface area contributed by atoms with Gasteiger partial charge in [0.25, 0.3) is 17.7 Å². The van der Waals surface area contributed by atoms with Crippen LogP contribution in [0, 0.1) is 5.92 Å². The molecule has 57 heavy (non-hydrogen) atoms. The molecule has 0 saturated carbocycles. The molecule has 4 aromatic rings. The smallest absolute Gasteiger partial charge is 0.266 e. The third-order valence-corrected chi connectivity index (χ3v) is 10.5. The van der Waals surface area contributed by atoms with E-state index in [0.717, 1.165) is 32.9 Å². The van der Waals surface area contributed by atoms with Gasteiger partial charge in [-0.3, -0.25) is 48.8 Å². The highest BCUT2D eigenvalue weighted by molar-refractivity contribution is 6.24. The Kier molecular flexibility index (Phi) is 11.5. The van der Waals surface area contributed by atoms with E-state index in [0.29, 0.717) is 57.4 Å². The summed E-state index contributed by atoms with van der Waals surface area (Å²) in [6, 6.07) is 19.1. The molecule has 15 heteroatoms. The number of Topliss-reactive ketones (excluding diaryl/α,β-unsaturated/α-hetero) is 1. The lowest BCUT2D eigenvalue weighted by atomic mass is 9.95. The van der Waals surface area contributed by atoms with Crippen LogP contribution >= 0.6 is 0 Å². The van der Waals surface area contributed by atoms with Gasteiger partial charge < -0.3 is 25.6 Å². The first-order chi connectivity index (χ1) is 27.6. The van der Waals surface area contributed by atoms with Crippen molar-refractivity contribution in [3.8, 4) is 5.75 Å². The largest absolute Gasteiger partial charge is 0.483 e. The summed E-state index contributed by atoms with van der Waals surface area (Å²) in [5.74, 6) is -3.11. The van der Waals surface area contributed by atoms with Crippen LogP contribution in [-0.2, 0) is 19.2 Å². The number of hydrogen-bond acceptors (Lipinski definition) is 11. The third kappa shape index (κ3) is 8.47. The van der Waals surface area contributed by atoms with Gasteiger partial charge in [-0.25, -0.2) is 0 Å². The van der Waals surface area contributed by atoms with E-state index in [1.807, 2.05) is 42.5 Å². The highest BCUT2D eigenvalue weighted by Gasteiger charge is 2.46. The van der Waals surface area contributed by atoms with Crippen LogP contribution in [0.25, 0.3) is 10.9 Å². The number of nitrogens with zero attached hydrogens (tertiary/aromatic N) is 3. The van der Waals surface area contributed by atoms with E-state index in [4.69, 9.17) is 4.74 Å². The van der Waals surface area contributed by atoms with Crippen LogP contribution in [0.15, 0.2) is 72.9 Å². The number of pyridine rings is 1. The standard InChI is InChI=1S/C42H43N7O8/c1-25(50)31-23-45-32-13-12-28(22-30(32)38(31)46-27-8-3-2-4-9-27)48-20-16-26(17-21-48)39(53)44-19-6-5-18-43-36(52)24-57-34-11-7-10-29-37(34)42(56)49(41(29)55)33-14-15-35(51)47-40(33)54/h2-4,7-13,22-23,26,33H,5-6,14-21,24H2,1H3,(H,43,52)(H,44,53)(H,45,46)(H,47,51,54). The van der Waals surface area contributed by atoms with Gasteiger partial charge in [-0.2, -0.15) is 0 Å². The van der Waals surface area contributed by atoms with Gasteiger partial charge in [0.15, 0.2) is 12.4 Å². The van der Waals surface area contributed by atoms with Crippen molar-refractivity contribution in [2.75, 3.05) is 43.0 Å². The maximum absolute atomic E-state index is 13.2. The lowest BCUT2D eigenvalue weighted by molar-refractivity contribution is -0.136. The first-order valence-electron chi connectivity index (χ1n) is 19.1. The lowest BCUT2D eigenvalue weighted by Crippen LogP contribution is -2.54. The predicted octanol–water partition coefficient (Wildman–Crippen LogP) is 3.89. The number of benzene rings is 3. The van der Waals surface area contributed by atoms with Gasteiger partial charge in [0.1, 0.15) is 11.8 Å². The normalized spacial score (nSPS) is 17.0. The molecule has 3 aliphatic heterocycles. The van der Waals surface area contributed by atoms with Gasteiger partial charge >= 0.3 is 0 Å². The molecule has 7 rings (SSSR count). The number of ether oxygens (including phenoxy) is 1. The predicted molar refractivity (Wildman–Crippen MR) is 210 cm³/mol. The Morgan fingerprint density at radius 2 is 1.63 bits per heavy atom. The first-order valence-corrected chi connectivity index (χ1v) is 19.1. The van der Waals surface area contributed by atoms with Crippen molar-refractivity contribution in [3.63, 3.8) is 0 Å². The van der Waals surface area contributed by atoms with E-state index < -0.39 is 42.2 Å². The van der Waals surface area contributed by atoms with Crippen molar-refractivity contribution in [2.45, 2.75) is 51.5 Å². The fourth-order valence-electron chi connectivity index (χ4n) is 7.48. The molecule has 1 unspecified atom stereocenters. The molecule has 0 spiro atoms. The van der Waals surface area contributed by atoms with Crippen LogP contribution < -0.4 is 30.9 Å². The van der Waals surface area contributed by atoms with Gasteiger partial charge in [0, 0.05) is 61.5 Å². The fourth-order valence-corrected chi connectivity index (χ4v) is 7.48. The second-order valence-electron chi connectivity index (χ2n) is 14.3. The number of piperidine rings is 2. The number of amides is 6. The minimum absolute atomic E-state index is 0.00718. The van der Waals surface area contributed by atoms with Crippen molar-refractivity contribution in [1.29, 1.82) is 0 Å². The molecule has 4 heterocycles. The van der Waals surface area contributed by atoms with Crippen molar-refractivity contribution in [3.05, 3.63) is 89.6 Å². The van der Waals surface area contributed by atoms with Crippen molar-refractivity contribution in [2.24, 2.45) is 5.92 Å². The molecule has 15 nitrogen and oxygen atoms in total. The minimum Gasteiger partial charge on any atom is -0.483 e. The summed E-state index contributed by atoms with van der Waals surface area (Å²) in [5, 5.41) is 12.2. The maximum atomic E-state index is 13.2. The number of aromatic nitrogens is 1. The van der Waals surface area contributed by atoms with E-state index >= 15 is 0 Å². The van der Waals surface area contributed by atoms with Crippen LogP contribution in [-0.4, -0.2) is 89.9 Å². The highest BCUT2D eigenvalue weighted by atomic mass is 16.5. The first kappa shape index (κ1) is 38.6. The fraction of sp³-hybridized carbons (Fsp3) is 0.333. The van der Waals surface area contributed by atoms with Gasteiger partial charge in [-0.05, 0) is 81.5 Å². The van der Waals surface area contributed by atoms with Crippen LogP contribution in [0.4, 0.5) is 17.1 Å². The molecule has 4 N–H and O–H groups in total. The summed E-state index contributed by atoms with van der Waals surface area (Å²) >= 11 is 0. The summed E-state index contributed by atoms with van der Waals surface area (Å²) in [7, 11) is 0. The van der Waals surface area contributed by atoms with E-state index in [9.17, 15) is 33.6 Å². The molecular formula is C42H43N7O8. The van der Waals surface area contributed by atoms with Crippen molar-refractivity contribution >= 4 is 69.2 Å². The highest BCUT2D eigenvalue weighted by Crippen LogP contribution is 2.35. The topological polar surface area (TPSA) is 196 Å². The Bertz CT molecular complexity index is 2250. The molecule has 2 fully saturated rings. The number of fused-ring (bicyclic) bond motifs is 2. The number of carbonyl (C=O) groups excluding carboxylic acids is 7. The third-order valence-electron chi connectivity index (χ3n) is 10.5. The average molecular weight is 774 g/mol. The number of para-hydroxylation sites is 1. The van der Waals surface area contributed by atoms with Crippen molar-refractivity contribution < 1.29 is 38.3 Å². The van der Waals surface area contributed by atoms with E-state index in [1.54, 1.807) is 6.20 Å². The summed E-state index contributed by atoms with van der Waals surface area (Å²) in [5.41, 5.74) is 3.92. The van der Waals surface area contributed by atoms with Crippen LogP contribution in [0.2, 0.25) is 0 Å². The monoisotopic (exact) mass is 773 g/mol. The molecule has 3 aromatic carbocycles. The Morgan fingerprint density at radius 3 is 2.37 bits per heavy atom. The molecule has 1 atom stereocenters. The zero-order valence-electron chi connectivity index (χ0n) is 31.5. The quantitative estimate of drug-likeness (QED) is 0.0825. The summed E-state index contributed by atoms with van der Waals surface area (Å²) < 4.78 is 5.64. The zero-order valence-corrected chi connectivity index (χ0v) is 31.5. The summed E-state index contributed by atoms with van der Waals surface area (Å²) in [4.78, 5) is 95.9. The number of unbranched alkanes of at least 4 members (excludes halogenated alkanes) is 1. The van der Waals surface area contributed by atoms with E-state index in [2.05, 4.69) is 37.2 Å². The van der Waals surface area contributed by atoms with Gasteiger partial charge in [-0.15, -0.1) is 0 Å². The number of hydrogen-bond donors (Lipinski definition) is 4. The van der Waals surface area contributed by atoms with Crippen LogP contribution in [0.5, 0.6) is 5.75 Å². The molecule has 0 radical (unpaired) electrons. The molecule has 2 saturated heterocycles. The Balaban J connectivity index is 0.832. The van der Waals surface area contributed by atoms with Gasteiger partial charge in [0.2, 0.25) is 17.7 Å². The molecule has 0 bridgehead atoms. The molecular weight excluding hydrogens is 731 g/mol. The summed E-state index contributed by atoms with van der Waals surface area (Å²) in [6.07, 6.45) is 4.30. The van der Waals surface area contributed by atoms with Crippen LogP contribution in [0.1, 0.15) is 76.5 Å². The molecule has 294 valence electrons. The van der Waals surface area contributed by atoms with Gasteiger partial charge in [-0.1, -0.05) is 24.3 Å². The van der Waals surface area contributed by atoms with E-state index in [-0.39, 0.29) is 47.3 Å². The number of imide groups is 2. The number of rotatable bonds is 14. The minimum atomic E-state index is -1.11. The second kappa shape index (κ2) is 17.0. The van der Waals surface area contributed by atoms with Crippen molar-refractivity contribution in [1.82, 2.24) is 25.8 Å². The Hall–Kier alpha value is -6.64.